The number of nitro benzene ring substituents is 1. The molecule has 0 spiro atoms. The van der Waals surface area contributed by atoms with Gasteiger partial charge in [-0.3, -0.25) is 14.9 Å². The summed E-state index contributed by atoms with van der Waals surface area (Å²) in [6.07, 6.45) is 1.83. The van der Waals surface area contributed by atoms with Crippen molar-refractivity contribution in [2.45, 2.75) is 4.90 Å². The second-order valence-electron chi connectivity index (χ2n) is 5.86. The summed E-state index contributed by atoms with van der Waals surface area (Å²) in [6, 6.07) is 19.8. The molecule has 8 heteroatoms. The molecular formula is C21H15N3O4S. The number of carbonyl (C=O) groups excluding carboxylic acids is 1. The molecule has 0 saturated heterocycles. The van der Waals surface area contributed by atoms with Gasteiger partial charge in [0.05, 0.1) is 16.6 Å². The van der Waals surface area contributed by atoms with Crippen LogP contribution < -0.4 is 10.1 Å². The molecule has 29 heavy (non-hydrogen) atoms. The minimum atomic E-state index is -0.578. The fourth-order valence-corrected chi connectivity index (χ4v) is 2.99. The third-order valence-electron chi connectivity index (χ3n) is 3.96. The Bertz CT molecular complexity index is 1110. The van der Waals surface area contributed by atoms with Crippen LogP contribution in [0.25, 0.3) is 0 Å². The largest absolute Gasteiger partial charge is 0.457 e. The molecule has 0 aliphatic heterocycles. The van der Waals surface area contributed by atoms with E-state index >= 15 is 0 Å². The maximum absolute atomic E-state index is 12.6. The number of amides is 1. The molecule has 7 nitrogen and oxygen atoms in total. The van der Waals surface area contributed by atoms with Gasteiger partial charge < -0.3 is 10.1 Å². The highest BCUT2D eigenvalue weighted by molar-refractivity contribution is 7.98. The van der Waals surface area contributed by atoms with Gasteiger partial charge in [-0.25, -0.2) is 0 Å². The Labute approximate surface area is 171 Å². The van der Waals surface area contributed by atoms with Crippen LogP contribution in [0, 0.1) is 21.4 Å². The summed E-state index contributed by atoms with van der Waals surface area (Å²) in [6.45, 7) is 0. The number of ether oxygens (including phenoxy) is 1. The lowest BCUT2D eigenvalue weighted by Gasteiger charge is -2.09. The molecule has 1 amide bonds. The van der Waals surface area contributed by atoms with Gasteiger partial charge in [-0.15, -0.1) is 11.8 Å². The number of thioether (sulfide) groups is 1. The van der Waals surface area contributed by atoms with Crippen molar-refractivity contribution in [1.82, 2.24) is 0 Å². The first-order chi connectivity index (χ1) is 14.0. The van der Waals surface area contributed by atoms with Crippen LogP contribution >= 0.6 is 11.8 Å². The molecule has 0 bridgehead atoms. The molecule has 0 fully saturated rings. The molecule has 0 unspecified atom stereocenters. The van der Waals surface area contributed by atoms with Crippen molar-refractivity contribution in [3.63, 3.8) is 0 Å². The van der Waals surface area contributed by atoms with Crippen molar-refractivity contribution in [1.29, 1.82) is 5.26 Å². The van der Waals surface area contributed by atoms with Crippen molar-refractivity contribution in [3.05, 3.63) is 88.0 Å². The maximum atomic E-state index is 12.6. The summed E-state index contributed by atoms with van der Waals surface area (Å²) >= 11 is 1.39. The summed E-state index contributed by atoms with van der Waals surface area (Å²) < 4.78 is 5.69. The average Bonchev–Trinajstić information content (AvgIpc) is 2.74. The van der Waals surface area contributed by atoms with Crippen molar-refractivity contribution in [3.8, 4) is 17.6 Å². The summed E-state index contributed by atoms with van der Waals surface area (Å²) in [5, 5.41) is 22.8. The lowest BCUT2D eigenvalue weighted by atomic mass is 10.1. The van der Waals surface area contributed by atoms with Gasteiger partial charge in [-0.05, 0) is 60.9 Å². The van der Waals surface area contributed by atoms with Crippen molar-refractivity contribution in [2.75, 3.05) is 11.6 Å². The zero-order valence-electron chi connectivity index (χ0n) is 15.3. The third-order valence-corrected chi connectivity index (χ3v) is 4.68. The number of hydrogen-bond acceptors (Lipinski definition) is 6. The number of nitrogens with zero attached hydrogens (tertiary/aromatic N) is 2. The van der Waals surface area contributed by atoms with Crippen LogP contribution in [0.1, 0.15) is 15.9 Å². The normalized spacial score (nSPS) is 10.1. The van der Waals surface area contributed by atoms with Gasteiger partial charge in [0.25, 0.3) is 11.6 Å². The lowest BCUT2D eigenvalue weighted by Crippen LogP contribution is -2.14. The van der Waals surface area contributed by atoms with Crippen LogP contribution in [-0.4, -0.2) is 17.1 Å². The Morgan fingerprint density at radius 2 is 1.86 bits per heavy atom. The maximum Gasteiger partial charge on any atom is 0.282 e. The molecule has 1 N–H and O–H groups in total. The number of hydrogen-bond donors (Lipinski definition) is 1. The highest BCUT2D eigenvalue weighted by atomic mass is 32.2. The molecule has 0 heterocycles. The van der Waals surface area contributed by atoms with E-state index in [1.807, 2.05) is 12.3 Å². The van der Waals surface area contributed by atoms with Gasteiger partial charge in [-0.2, -0.15) is 5.26 Å². The van der Waals surface area contributed by atoms with Gasteiger partial charge in [0.15, 0.2) is 0 Å². The lowest BCUT2D eigenvalue weighted by molar-refractivity contribution is -0.385. The quantitative estimate of drug-likeness (QED) is 0.342. The van der Waals surface area contributed by atoms with Crippen LogP contribution in [-0.2, 0) is 0 Å². The molecular weight excluding hydrogens is 390 g/mol. The number of anilines is 1. The van der Waals surface area contributed by atoms with Gasteiger partial charge in [0, 0.05) is 16.6 Å². The van der Waals surface area contributed by atoms with E-state index in [4.69, 9.17) is 10.00 Å². The Morgan fingerprint density at radius 1 is 1.10 bits per heavy atom. The van der Waals surface area contributed by atoms with E-state index in [0.29, 0.717) is 22.7 Å². The highest BCUT2D eigenvalue weighted by Crippen LogP contribution is 2.27. The summed E-state index contributed by atoms with van der Waals surface area (Å²) in [4.78, 5) is 24.0. The van der Waals surface area contributed by atoms with Crippen LogP contribution in [0.4, 0.5) is 11.4 Å². The van der Waals surface area contributed by atoms with Crippen LogP contribution in [0.2, 0.25) is 0 Å². The van der Waals surface area contributed by atoms with Crippen molar-refractivity contribution in [2.24, 2.45) is 0 Å². The van der Waals surface area contributed by atoms with Crippen molar-refractivity contribution < 1.29 is 14.5 Å². The Kier molecular flexibility index (Phi) is 6.12. The molecule has 0 radical (unpaired) electrons. The number of carbonyl (C=O) groups is 1. The number of nitrogens with one attached hydrogen (secondary N) is 1. The summed E-state index contributed by atoms with van der Waals surface area (Å²) in [7, 11) is 0. The summed E-state index contributed by atoms with van der Waals surface area (Å²) in [5.41, 5.74) is 0.700. The second kappa shape index (κ2) is 8.91. The smallest absolute Gasteiger partial charge is 0.282 e. The predicted octanol–water partition coefficient (Wildman–Crippen LogP) is 5.23. The molecule has 0 atom stereocenters. The number of rotatable bonds is 6. The minimum Gasteiger partial charge on any atom is -0.457 e. The van der Waals surface area contributed by atoms with E-state index in [2.05, 4.69) is 5.32 Å². The molecule has 0 aromatic heterocycles. The Morgan fingerprint density at radius 3 is 2.52 bits per heavy atom. The van der Waals surface area contributed by atoms with E-state index in [0.717, 1.165) is 4.90 Å². The molecule has 3 aromatic rings. The molecule has 0 saturated carbocycles. The molecule has 0 aliphatic carbocycles. The van der Waals surface area contributed by atoms with Crippen LogP contribution in [0.15, 0.2) is 71.6 Å². The first kappa shape index (κ1) is 19.9. The van der Waals surface area contributed by atoms with Crippen LogP contribution in [0.5, 0.6) is 11.5 Å². The Hall–Kier alpha value is -3.83. The van der Waals surface area contributed by atoms with E-state index < -0.39 is 10.8 Å². The molecule has 3 rings (SSSR count). The van der Waals surface area contributed by atoms with Gasteiger partial charge in [0.1, 0.15) is 17.1 Å². The number of nitro groups is 1. The van der Waals surface area contributed by atoms with Crippen LogP contribution in [0.3, 0.4) is 0 Å². The second-order valence-corrected chi connectivity index (χ2v) is 6.74. The first-order valence-corrected chi connectivity index (χ1v) is 9.64. The topological polar surface area (TPSA) is 105 Å². The molecule has 144 valence electrons. The summed E-state index contributed by atoms with van der Waals surface area (Å²) in [5.74, 6) is 0.474. The molecule has 3 aromatic carbocycles. The van der Waals surface area contributed by atoms with E-state index in [-0.39, 0.29) is 11.3 Å². The van der Waals surface area contributed by atoms with Gasteiger partial charge >= 0.3 is 0 Å². The standard InChI is InChI=1S/C21H15N3O4S/c1-29-18-9-10-20(24(26)27)19(12-18)21(25)23-15-5-7-16(8-6-15)28-17-4-2-3-14(11-17)13-22/h2-12H,1H3,(H,23,25). The number of benzene rings is 3. The van der Waals surface area contributed by atoms with Gasteiger partial charge in [0.2, 0.25) is 0 Å². The fourth-order valence-electron chi connectivity index (χ4n) is 2.55. The average molecular weight is 405 g/mol. The van der Waals surface area contributed by atoms with E-state index in [1.165, 1.54) is 23.9 Å². The first-order valence-electron chi connectivity index (χ1n) is 8.42. The van der Waals surface area contributed by atoms with E-state index in [9.17, 15) is 14.9 Å². The highest BCUT2D eigenvalue weighted by Gasteiger charge is 2.20. The SMILES string of the molecule is CSc1ccc([N+](=O)[O-])c(C(=O)Nc2ccc(Oc3cccc(C#N)c3)cc2)c1. The van der Waals surface area contributed by atoms with Crippen molar-refractivity contribution >= 4 is 29.0 Å². The monoisotopic (exact) mass is 405 g/mol. The third kappa shape index (κ3) is 4.91. The molecule has 0 aliphatic rings. The van der Waals surface area contributed by atoms with Gasteiger partial charge in [-0.1, -0.05) is 6.07 Å². The zero-order valence-corrected chi connectivity index (χ0v) is 16.1. The Balaban J connectivity index is 1.75. The predicted molar refractivity (Wildman–Crippen MR) is 111 cm³/mol. The number of nitriles is 1. The van der Waals surface area contributed by atoms with E-state index in [1.54, 1.807) is 54.6 Å². The zero-order chi connectivity index (χ0) is 20.8. The minimum absolute atomic E-state index is 0.00417. The fraction of sp³-hybridized carbons (Fsp3) is 0.0476.